The maximum absolute atomic E-state index is 12.4. The van der Waals surface area contributed by atoms with Gasteiger partial charge in [0.15, 0.2) is 0 Å². The smallest absolute Gasteiger partial charge is 0.249 e. The first-order valence-corrected chi connectivity index (χ1v) is 12.5. The minimum absolute atomic E-state index is 0.00308. The van der Waals surface area contributed by atoms with E-state index in [1.165, 1.54) is 0 Å². The number of nitrogens with zero attached hydrogens (tertiary/aromatic N) is 2. The fourth-order valence-electron chi connectivity index (χ4n) is 3.45. The lowest BCUT2D eigenvalue weighted by Gasteiger charge is -2.21. The topological polar surface area (TPSA) is 179 Å². The van der Waals surface area contributed by atoms with Crippen molar-refractivity contribution in [3.8, 4) is 0 Å². The van der Waals surface area contributed by atoms with Crippen molar-refractivity contribution in [1.29, 1.82) is 0 Å². The normalized spacial score (nSPS) is 11.6. The van der Waals surface area contributed by atoms with Gasteiger partial charge in [-0.2, -0.15) is 0 Å². The highest BCUT2D eigenvalue weighted by Gasteiger charge is 2.24. The van der Waals surface area contributed by atoms with Crippen LogP contribution in [0.3, 0.4) is 0 Å². The van der Waals surface area contributed by atoms with Crippen LogP contribution >= 0.6 is 0 Å². The van der Waals surface area contributed by atoms with Crippen LogP contribution in [0.2, 0.25) is 0 Å². The molecule has 11 heteroatoms. The second-order valence-electron chi connectivity index (χ2n) is 8.60. The zero-order valence-electron chi connectivity index (χ0n) is 20.7. The van der Waals surface area contributed by atoms with Crippen molar-refractivity contribution in [1.82, 2.24) is 15.4 Å². The van der Waals surface area contributed by atoms with Gasteiger partial charge in [-0.15, -0.1) is 0 Å². The fourth-order valence-corrected chi connectivity index (χ4v) is 3.45. The molecule has 0 saturated heterocycles. The van der Waals surface area contributed by atoms with Gasteiger partial charge in [-0.05, 0) is 45.1 Å². The predicted octanol–water partition coefficient (Wildman–Crippen LogP) is 1.69. The Kier molecular flexibility index (Phi) is 18.8. The van der Waals surface area contributed by atoms with Crippen molar-refractivity contribution in [2.24, 2.45) is 17.4 Å². The number of unbranched alkanes of at least 4 members (excludes halogenated alkanes) is 6. The van der Waals surface area contributed by atoms with Gasteiger partial charge in [0.05, 0.1) is 0 Å². The van der Waals surface area contributed by atoms with Crippen molar-refractivity contribution in [3.63, 3.8) is 0 Å². The van der Waals surface area contributed by atoms with Gasteiger partial charge in [0.25, 0.3) is 0 Å². The first-order valence-electron chi connectivity index (χ1n) is 12.5. The molecule has 0 rings (SSSR count). The summed E-state index contributed by atoms with van der Waals surface area (Å²) in [7, 11) is 0. The standard InChI is InChI=1S/C23H45N5O6/c1-2-3-6-11-19(18-20(25)29)23(32)28(34)17-10-5-8-15-26-21(30)12-13-22(31)27(33)16-9-4-7-14-24/h19,33-34H,2-18,24H2,1H3,(H2,25,29)(H,26,30). The first kappa shape index (κ1) is 31.8. The maximum atomic E-state index is 12.4. The third-order valence-corrected chi connectivity index (χ3v) is 5.50. The molecule has 0 saturated carbocycles. The molecule has 1 unspecified atom stereocenters. The van der Waals surface area contributed by atoms with Crippen LogP contribution < -0.4 is 16.8 Å². The van der Waals surface area contributed by atoms with Crippen LogP contribution in [-0.2, 0) is 19.2 Å². The van der Waals surface area contributed by atoms with Crippen LogP contribution in [-0.4, -0.2) is 70.3 Å². The summed E-state index contributed by atoms with van der Waals surface area (Å²) in [6.07, 6.45) is 7.30. The number of amides is 4. The Bertz CT molecular complexity index is 604. The number of carbonyl (C=O) groups excluding carboxylic acids is 4. The predicted molar refractivity (Wildman–Crippen MR) is 127 cm³/mol. The van der Waals surface area contributed by atoms with Gasteiger partial charge < -0.3 is 16.8 Å². The molecule has 0 radical (unpaired) electrons. The lowest BCUT2D eigenvalue weighted by atomic mass is 9.96. The quantitative estimate of drug-likeness (QED) is 0.0928. The van der Waals surface area contributed by atoms with Gasteiger partial charge in [-0.1, -0.05) is 32.6 Å². The molecule has 1 atom stereocenters. The highest BCUT2D eigenvalue weighted by atomic mass is 16.5. The monoisotopic (exact) mass is 487 g/mol. The second kappa shape index (κ2) is 20.2. The number of nitrogens with one attached hydrogen (secondary N) is 1. The number of hydrogen-bond donors (Lipinski definition) is 5. The minimum atomic E-state index is -0.600. The number of hydroxylamine groups is 4. The summed E-state index contributed by atoms with van der Waals surface area (Å²) in [5.41, 5.74) is 10.6. The maximum Gasteiger partial charge on any atom is 0.249 e. The van der Waals surface area contributed by atoms with E-state index in [1.54, 1.807) is 0 Å². The summed E-state index contributed by atoms with van der Waals surface area (Å²) in [6, 6.07) is 0. The highest BCUT2D eigenvalue weighted by Crippen LogP contribution is 2.16. The molecule has 0 aliphatic heterocycles. The summed E-state index contributed by atoms with van der Waals surface area (Å²) in [4.78, 5) is 47.3. The van der Waals surface area contributed by atoms with Crippen molar-refractivity contribution in [3.05, 3.63) is 0 Å². The van der Waals surface area contributed by atoms with Crippen LogP contribution in [0, 0.1) is 5.92 Å². The molecule has 0 fully saturated rings. The molecule has 0 aromatic heterocycles. The van der Waals surface area contributed by atoms with E-state index in [-0.39, 0.29) is 38.3 Å². The summed E-state index contributed by atoms with van der Waals surface area (Å²) in [5, 5.41) is 23.8. The number of rotatable bonds is 21. The molecule has 11 nitrogen and oxygen atoms in total. The first-order chi connectivity index (χ1) is 16.2. The number of nitrogens with two attached hydrogens (primary N) is 2. The van der Waals surface area contributed by atoms with Crippen molar-refractivity contribution >= 4 is 23.6 Å². The van der Waals surface area contributed by atoms with Gasteiger partial charge in [-0.3, -0.25) is 29.6 Å². The molecule has 198 valence electrons. The Labute approximate surface area is 203 Å². The van der Waals surface area contributed by atoms with E-state index in [0.717, 1.165) is 32.1 Å². The SMILES string of the molecule is CCCCCC(CC(N)=O)C(=O)N(O)CCCCCNC(=O)CCC(=O)N(O)CCCCCN. The minimum Gasteiger partial charge on any atom is -0.370 e. The molecule has 0 aromatic rings. The highest BCUT2D eigenvalue weighted by molar-refractivity contribution is 5.84. The van der Waals surface area contributed by atoms with Crippen LogP contribution in [0.15, 0.2) is 0 Å². The van der Waals surface area contributed by atoms with E-state index in [1.807, 2.05) is 6.92 Å². The van der Waals surface area contributed by atoms with Gasteiger partial charge in [0, 0.05) is 44.8 Å². The van der Waals surface area contributed by atoms with Gasteiger partial charge >= 0.3 is 0 Å². The molecule has 7 N–H and O–H groups in total. The van der Waals surface area contributed by atoms with Crippen LogP contribution in [0.25, 0.3) is 0 Å². The lowest BCUT2D eigenvalue weighted by Crippen LogP contribution is -2.36. The second-order valence-corrected chi connectivity index (χ2v) is 8.60. The summed E-state index contributed by atoms with van der Waals surface area (Å²) < 4.78 is 0. The van der Waals surface area contributed by atoms with Gasteiger partial charge in [0.1, 0.15) is 0 Å². The molecule has 0 bridgehead atoms. The van der Waals surface area contributed by atoms with Crippen LogP contribution in [0.4, 0.5) is 0 Å². The van der Waals surface area contributed by atoms with E-state index >= 15 is 0 Å². The van der Waals surface area contributed by atoms with Gasteiger partial charge in [-0.25, -0.2) is 10.1 Å². The fraction of sp³-hybridized carbons (Fsp3) is 0.826. The Morgan fingerprint density at radius 3 is 2.12 bits per heavy atom. The molecule has 0 aromatic carbocycles. The van der Waals surface area contributed by atoms with Crippen LogP contribution in [0.1, 0.15) is 90.4 Å². The van der Waals surface area contributed by atoms with Crippen LogP contribution in [0.5, 0.6) is 0 Å². The third-order valence-electron chi connectivity index (χ3n) is 5.50. The molecule has 0 aliphatic rings. The average Bonchev–Trinajstić information content (AvgIpc) is 2.80. The Balaban J connectivity index is 4.00. The number of primary amides is 1. The van der Waals surface area contributed by atoms with E-state index in [2.05, 4.69) is 5.32 Å². The largest absolute Gasteiger partial charge is 0.370 e. The summed E-state index contributed by atoms with van der Waals surface area (Å²) in [5.74, 6) is -2.40. The molecule has 0 spiro atoms. The molecule has 0 aliphatic carbocycles. The van der Waals surface area contributed by atoms with Gasteiger partial charge in [0.2, 0.25) is 23.6 Å². The Morgan fingerprint density at radius 2 is 1.50 bits per heavy atom. The molecule has 4 amide bonds. The Morgan fingerprint density at radius 1 is 0.853 bits per heavy atom. The van der Waals surface area contributed by atoms with E-state index < -0.39 is 23.6 Å². The zero-order chi connectivity index (χ0) is 25.8. The van der Waals surface area contributed by atoms with E-state index in [4.69, 9.17) is 11.5 Å². The summed E-state index contributed by atoms with van der Waals surface area (Å²) in [6.45, 7) is 3.40. The third kappa shape index (κ3) is 16.4. The van der Waals surface area contributed by atoms with Crippen molar-refractivity contribution in [2.45, 2.75) is 90.4 Å². The number of hydrogen-bond acceptors (Lipinski definition) is 7. The average molecular weight is 488 g/mol. The Hall–Kier alpha value is -2.24. The molecular weight excluding hydrogens is 442 g/mol. The van der Waals surface area contributed by atoms with E-state index in [9.17, 15) is 29.6 Å². The molecule has 34 heavy (non-hydrogen) atoms. The van der Waals surface area contributed by atoms with E-state index in [0.29, 0.717) is 55.3 Å². The molecular formula is C23H45N5O6. The zero-order valence-corrected chi connectivity index (χ0v) is 20.7. The lowest BCUT2D eigenvalue weighted by molar-refractivity contribution is -0.171. The summed E-state index contributed by atoms with van der Waals surface area (Å²) >= 11 is 0. The van der Waals surface area contributed by atoms with Crippen molar-refractivity contribution in [2.75, 3.05) is 26.2 Å². The molecule has 0 heterocycles. The number of carbonyl (C=O) groups is 4. The van der Waals surface area contributed by atoms with Crippen molar-refractivity contribution < 1.29 is 29.6 Å².